The standard InChI is InChI=1S/C21H29N2O7P/c1-6-11-29-31(27,30-12-7-2)20-16(4)22(21(24)28-5)15(3)13-19(20)17-9-8-10-18(14-17)23(25)26/h8-10,13-14,19H,6-7,11-12H2,1-5H3. The molecule has 0 aliphatic carbocycles. The molecule has 0 saturated heterocycles. The van der Waals surface area contributed by atoms with Gasteiger partial charge in [-0.15, -0.1) is 0 Å². The fourth-order valence-electron chi connectivity index (χ4n) is 3.42. The Morgan fingerprint density at radius 2 is 1.81 bits per heavy atom. The van der Waals surface area contributed by atoms with Crippen LogP contribution in [0, 0.1) is 10.1 Å². The molecule has 0 N–H and O–H groups in total. The van der Waals surface area contributed by atoms with E-state index in [4.69, 9.17) is 13.8 Å². The molecule has 9 nitrogen and oxygen atoms in total. The zero-order valence-corrected chi connectivity index (χ0v) is 19.4. The summed E-state index contributed by atoms with van der Waals surface area (Å²) in [5, 5.41) is 11.6. The van der Waals surface area contributed by atoms with Crippen LogP contribution in [0.2, 0.25) is 0 Å². The molecule has 1 aromatic rings. The molecule has 1 unspecified atom stereocenters. The minimum atomic E-state index is -3.84. The summed E-state index contributed by atoms with van der Waals surface area (Å²) in [6.07, 6.45) is 2.31. The number of methoxy groups -OCH3 is 1. The van der Waals surface area contributed by atoms with Crippen LogP contribution >= 0.6 is 7.60 Å². The van der Waals surface area contributed by atoms with Crippen molar-refractivity contribution >= 4 is 19.4 Å². The van der Waals surface area contributed by atoms with Gasteiger partial charge < -0.3 is 13.8 Å². The molecule has 1 aliphatic rings. The van der Waals surface area contributed by atoms with Gasteiger partial charge in [-0.05, 0) is 32.3 Å². The quantitative estimate of drug-likeness (QED) is 0.259. The first kappa shape index (κ1) is 24.8. The van der Waals surface area contributed by atoms with Gasteiger partial charge in [0, 0.05) is 29.4 Å². The average molecular weight is 452 g/mol. The number of allylic oxidation sites excluding steroid dienone is 4. The fourth-order valence-corrected chi connectivity index (χ4v) is 5.68. The predicted molar refractivity (Wildman–Crippen MR) is 117 cm³/mol. The van der Waals surface area contributed by atoms with Crippen molar-refractivity contribution in [3.05, 3.63) is 62.7 Å². The molecule has 1 aromatic carbocycles. The maximum Gasteiger partial charge on any atom is 0.418 e. The number of carbonyl (C=O) groups is 1. The van der Waals surface area contributed by atoms with Crippen LogP contribution in [-0.2, 0) is 18.3 Å². The maximum atomic E-state index is 14.0. The van der Waals surface area contributed by atoms with Gasteiger partial charge in [-0.1, -0.05) is 32.1 Å². The average Bonchev–Trinajstić information content (AvgIpc) is 2.75. The normalized spacial score (nSPS) is 16.9. The van der Waals surface area contributed by atoms with E-state index in [1.165, 1.54) is 24.1 Å². The molecule has 1 atom stereocenters. The summed E-state index contributed by atoms with van der Waals surface area (Å²) in [6, 6.07) is 6.10. The number of hydrogen-bond donors (Lipinski definition) is 0. The Hall–Kier alpha value is -2.48. The van der Waals surface area contributed by atoms with E-state index < -0.39 is 24.5 Å². The van der Waals surface area contributed by atoms with Crippen molar-refractivity contribution < 1.29 is 28.1 Å². The smallest absolute Gasteiger partial charge is 0.418 e. The first-order valence-electron chi connectivity index (χ1n) is 10.1. The van der Waals surface area contributed by atoms with Crippen molar-refractivity contribution in [2.75, 3.05) is 20.3 Å². The summed E-state index contributed by atoms with van der Waals surface area (Å²) in [6.45, 7) is 7.52. The molecule has 1 amide bonds. The molecule has 2 rings (SSSR count). The molecule has 170 valence electrons. The van der Waals surface area contributed by atoms with E-state index >= 15 is 0 Å². The van der Waals surface area contributed by atoms with Crippen molar-refractivity contribution in [3.63, 3.8) is 0 Å². The summed E-state index contributed by atoms with van der Waals surface area (Å²) in [5.41, 5.74) is 1.36. The molecule has 0 spiro atoms. The Labute approximate surface area is 182 Å². The summed E-state index contributed by atoms with van der Waals surface area (Å²) in [4.78, 5) is 24.6. The molecule has 0 fully saturated rings. The second kappa shape index (κ2) is 10.7. The van der Waals surface area contributed by atoms with Crippen LogP contribution in [0.25, 0.3) is 0 Å². The highest BCUT2D eigenvalue weighted by molar-refractivity contribution is 7.58. The van der Waals surface area contributed by atoms with E-state index in [1.807, 2.05) is 13.8 Å². The number of nitrogens with zero attached hydrogens (tertiary/aromatic N) is 2. The van der Waals surface area contributed by atoms with Gasteiger partial charge in [0.15, 0.2) is 0 Å². The molecule has 1 aliphatic heterocycles. The number of nitro groups is 1. The monoisotopic (exact) mass is 452 g/mol. The lowest BCUT2D eigenvalue weighted by Crippen LogP contribution is -2.32. The van der Waals surface area contributed by atoms with Crippen LogP contribution in [0.1, 0.15) is 52.0 Å². The van der Waals surface area contributed by atoms with Crippen molar-refractivity contribution in [2.24, 2.45) is 0 Å². The predicted octanol–water partition coefficient (Wildman–Crippen LogP) is 5.94. The lowest BCUT2D eigenvalue weighted by molar-refractivity contribution is -0.384. The molecule has 0 radical (unpaired) electrons. The molecule has 0 saturated carbocycles. The van der Waals surface area contributed by atoms with Gasteiger partial charge in [0.1, 0.15) is 0 Å². The Morgan fingerprint density at radius 3 is 2.32 bits per heavy atom. The Bertz CT molecular complexity index is 929. The third kappa shape index (κ3) is 5.42. The number of ether oxygens (including phenoxy) is 1. The summed E-state index contributed by atoms with van der Waals surface area (Å²) < 4.78 is 30.4. The van der Waals surface area contributed by atoms with Gasteiger partial charge in [-0.25, -0.2) is 4.79 Å². The fraction of sp³-hybridized carbons (Fsp3) is 0.476. The van der Waals surface area contributed by atoms with Crippen LogP contribution in [0.3, 0.4) is 0 Å². The number of carbonyl (C=O) groups excluding carboxylic acids is 1. The van der Waals surface area contributed by atoms with E-state index in [0.717, 1.165) is 0 Å². The van der Waals surface area contributed by atoms with Crippen LogP contribution < -0.4 is 0 Å². The molecule has 31 heavy (non-hydrogen) atoms. The van der Waals surface area contributed by atoms with Gasteiger partial charge in [0.05, 0.1) is 30.6 Å². The van der Waals surface area contributed by atoms with Gasteiger partial charge in [-0.2, -0.15) is 0 Å². The molecule has 0 aromatic heterocycles. The first-order chi connectivity index (χ1) is 14.7. The van der Waals surface area contributed by atoms with Crippen molar-refractivity contribution in [3.8, 4) is 0 Å². The zero-order chi connectivity index (χ0) is 23.2. The Morgan fingerprint density at radius 1 is 1.19 bits per heavy atom. The Balaban J connectivity index is 2.73. The summed E-state index contributed by atoms with van der Waals surface area (Å²) in [5.74, 6) is -0.639. The molecular formula is C21H29N2O7P. The van der Waals surface area contributed by atoms with E-state index in [1.54, 1.807) is 32.1 Å². The Kier molecular flexibility index (Phi) is 8.56. The van der Waals surface area contributed by atoms with E-state index in [9.17, 15) is 19.5 Å². The minimum absolute atomic E-state index is 0.0882. The molecule has 10 heteroatoms. The minimum Gasteiger partial charge on any atom is -0.452 e. The third-order valence-corrected chi connectivity index (χ3v) is 7.02. The summed E-state index contributed by atoms with van der Waals surface area (Å²) >= 11 is 0. The zero-order valence-electron chi connectivity index (χ0n) is 18.5. The third-order valence-electron chi connectivity index (χ3n) is 4.78. The van der Waals surface area contributed by atoms with Gasteiger partial charge in [0.25, 0.3) is 5.69 Å². The SMILES string of the molecule is CCCOP(=O)(OCCC)C1=C(C)N(C(=O)OC)C(C)=CC1c1cccc([N+](=O)[O-])c1. The van der Waals surface area contributed by atoms with Gasteiger partial charge >= 0.3 is 13.7 Å². The first-order valence-corrected chi connectivity index (χ1v) is 11.7. The van der Waals surface area contributed by atoms with E-state index in [2.05, 4.69) is 0 Å². The van der Waals surface area contributed by atoms with E-state index in [-0.39, 0.29) is 24.2 Å². The lowest BCUT2D eigenvalue weighted by Gasteiger charge is -2.35. The second-order valence-electron chi connectivity index (χ2n) is 7.08. The van der Waals surface area contributed by atoms with Crippen molar-refractivity contribution in [2.45, 2.75) is 46.5 Å². The number of benzene rings is 1. The number of amides is 1. The second-order valence-corrected chi connectivity index (χ2v) is 9.07. The lowest BCUT2D eigenvalue weighted by atomic mass is 9.93. The van der Waals surface area contributed by atoms with E-state index in [0.29, 0.717) is 29.8 Å². The van der Waals surface area contributed by atoms with Gasteiger partial charge in [0.2, 0.25) is 0 Å². The number of hydrogen-bond acceptors (Lipinski definition) is 7. The number of non-ortho nitro benzene ring substituents is 1. The highest BCUT2D eigenvalue weighted by Crippen LogP contribution is 2.64. The highest BCUT2D eigenvalue weighted by Gasteiger charge is 2.42. The summed E-state index contributed by atoms with van der Waals surface area (Å²) in [7, 11) is -2.58. The van der Waals surface area contributed by atoms with Gasteiger partial charge in [-0.3, -0.25) is 19.6 Å². The highest BCUT2D eigenvalue weighted by atomic mass is 31.2. The topological polar surface area (TPSA) is 108 Å². The molecule has 0 bridgehead atoms. The largest absolute Gasteiger partial charge is 0.452 e. The molecular weight excluding hydrogens is 423 g/mol. The molecule has 1 heterocycles. The number of nitro benzene ring substituents is 1. The van der Waals surface area contributed by atoms with Crippen LogP contribution in [-0.4, -0.2) is 36.2 Å². The van der Waals surface area contributed by atoms with Crippen molar-refractivity contribution in [1.29, 1.82) is 0 Å². The van der Waals surface area contributed by atoms with Crippen LogP contribution in [0.15, 0.2) is 47.0 Å². The maximum absolute atomic E-state index is 14.0. The van der Waals surface area contributed by atoms with Crippen LogP contribution in [0.4, 0.5) is 10.5 Å². The van der Waals surface area contributed by atoms with Crippen molar-refractivity contribution in [1.82, 2.24) is 4.90 Å². The van der Waals surface area contributed by atoms with Crippen LogP contribution in [0.5, 0.6) is 0 Å². The number of rotatable bonds is 9.